The monoisotopic (exact) mass is 296 g/mol. The Bertz CT molecular complexity index is 516. The van der Waals surface area contributed by atoms with Crippen molar-refractivity contribution in [1.82, 2.24) is 9.55 Å². The smallest absolute Gasteiger partial charge is 0.0986 e. The van der Waals surface area contributed by atoms with Gasteiger partial charge in [0.2, 0.25) is 0 Å². The molecule has 19 heavy (non-hydrogen) atoms. The number of halogens is 2. The third-order valence-electron chi connectivity index (χ3n) is 3.13. The number of imidazole rings is 1. The molecule has 1 unspecified atom stereocenters. The third-order valence-corrected chi connectivity index (χ3v) is 3.39. The first kappa shape index (κ1) is 15.8. The molecule has 1 atom stereocenters. The molecule has 0 aliphatic heterocycles. The summed E-state index contributed by atoms with van der Waals surface area (Å²) in [5, 5.41) is 0.768. The van der Waals surface area contributed by atoms with E-state index in [0.29, 0.717) is 5.92 Å². The van der Waals surface area contributed by atoms with Crippen LogP contribution in [-0.4, -0.2) is 9.55 Å². The summed E-state index contributed by atoms with van der Waals surface area (Å²) in [6, 6.07) is 8.00. The fourth-order valence-electron chi connectivity index (χ4n) is 1.85. The third kappa shape index (κ3) is 4.12. The molecule has 0 radical (unpaired) electrons. The van der Waals surface area contributed by atoms with Crippen LogP contribution in [0.5, 0.6) is 0 Å². The highest BCUT2D eigenvalue weighted by Gasteiger charge is 2.09. The number of aromatic nitrogens is 2. The van der Waals surface area contributed by atoms with E-state index in [9.17, 15) is 0 Å². The SMILES string of the molecule is CCC(C)C(=Cn1ccnc1)c1ccc(Cl)cc1.Cl. The van der Waals surface area contributed by atoms with Gasteiger partial charge in [0.05, 0.1) is 6.33 Å². The van der Waals surface area contributed by atoms with E-state index in [-0.39, 0.29) is 12.4 Å². The number of allylic oxidation sites excluding steroid dienone is 1. The highest BCUT2D eigenvalue weighted by molar-refractivity contribution is 6.30. The molecule has 2 nitrogen and oxygen atoms in total. The largest absolute Gasteiger partial charge is 0.313 e. The molecule has 0 amide bonds. The number of rotatable bonds is 4. The van der Waals surface area contributed by atoms with Crippen molar-refractivity contribution in [2.75, 3.05) is 0 Å². The van der Waals surface area contributed by atoms with Crippen LogP contribution in [0.25, 0.3) is 11.8 Å². The predicted molar refractivity (Wildman–Crippen MR) is 84.5 cm³/mol. The maximum absolute atomic E-state index is 5.94. The number of nitrogens with zero attached hydrogens (tertiary/aromatic N) is 2. The lowest BCUT2D eigenvalue weighted by atomic mass is 9.93. The molecule has 2 aromatic rings. The first-order valence-electron chi connectivity index (χ1n) is 6.15. The topological polar surface area (TPSA) is 17.8 Å². The lowest BCUT2D eigenvalue weighted by Crippen LogP contribution is -1.99. The van der Waals surface area contributed by atoms with E-state index in [0.717, 1.165) is 11.4 Å². The standard InChI is InChI=1S/C15H17ClN2.ClH/c1-3-12(2)15(10-18-9-8-17-11-18)13-4-6-14(16)7-5-13;/h4-12H,3H2,1-2H3;1H. The van der Waals surface area contributed by atoms with Gasteiger partial charge in [-0.3, -0.25) is 0 Å². The average Bonchev–Trinajstić information content (AvgIpc) is 2.89. The molecule has 0 saturated heterocycles. The molecule has 2 rings (SSSR count). The summed E-state index contributed by atoms with van der Waals surface area (Å²) in [5.74, 6) is 0.494. The Morgan fingerprint density at radius 2 is 2.05 bits per heavy atom. The summed E-state index contributed by atoms with van der Waals surface area (Å²) in [6.45, 7) is 4.43. The Kier molecular flexibility index (Phi) is 6.13. The van der Waals surface area contributed by atoms with E-state index in [4.69, 9.17) is 11.6 Å². The van der Waals surface area contributed by atoms with Crippen molar-refractivity contribution in [3.05, 3.63) is 53.6 Å². The minimum Gasteiger partial charge on any atom is -0.313 e. The second-order valence-electron chi connectivity index (χ2n) is 4.41. The van der Waals surface area contributed by atoms with Gasteiger partial charge < -0.3 is 4.57 Å². The van der Waals surface area contributed by atoms with Crippen molar-refractivity contribution in [2.45, 2.75) is 20.3 Å². The van der Waals surface area contributed by atoms with Gasteiger partial charge in [-0.2, -0.15) is 0 Å². The van der Waals surface area contributed by atoms with Crippen molar-refractivity contribution in [3.63, 3.8) is 0 Å². The summed E-state index contributed by atoms with van der Waals surface area (Å²) < 4.78 is 1.98. The van der Waals surface area contributed by atoms with Crippen molar-refractivity contribution < 1.29 is 0 Å². The van der Waals surface area contributed by atoms with Gasteiger partial charge in [0, 0.05) is 23.6 Å². The van der Waals surface area contributed by atoms with Crippen molar-refractivity contribution in [2.24, 2.45) is 5.92 Å². The summed E-state index contributed by atoms with van der Waals surface area (Å²) in [7, 11) is 0. The molecule has 0 aliphatic rings. The van der Waals surface area contributed by atoms with Crippen LogP contribution in [0.4, 0.5) is 0 Å². The van der Waals surface area contributed by atoms with E-state index >= 15 is 0 Å². The minimum atomic E-state index is 0. The number of benzene rings is 1. The lowest BCUT2D eigenvalue weighted by molar-refractivity contribution is 0.718. The Morgan fingerprint density at radius 3 is 2.58 bits per heavy atom. The van der Waals surface area contributed by atoms with E-state index in [1.54, 1.807) is 12.5 Å². The highest BCUT2D eigenvalue weighted by Crippen LogP contribution is 2.27. The van der Waals surface area contributed by atoms with Crippen LogP contribution in [0.15, 0.2) is 43.0 Å². The maximum atomic E-state index is 5.94. The molecule has 0 aliphatic carbocycles. The predicted octanol–water partition coefficient (Wildman–Crippen LogP) is 5.00. The zero-order chi connectivity index (χ0) is 13.0. The second kappa shape index (κ2) is 7.37. The lowest BCUT2D eigenvalue weighted by Gasteiger charge is -2.15. The van der Waals surface area contributed by atoms with Gasteiger partial charge in [-0.1, -0.05) is 37.6 Å². The van der Waals surface area contributed by atoms with Crippen LogP contribution < -0.4 is 0 Å². The van der Waals surface area contributed by atoms with Crippen LogP contribution in [0, 0.1) is 5.92 Å². The minimum absolute atomic E-state index is 0. The van der Waals surface area contributed by atoms with E-state index in [2.05, 4.69) is 37.2 Å². The van der Waals surface area contributed by atoms with E-state index in [1.165, 1.54) is 11.1 Å². The molecule has 1 aromatic carbocycles. The van der Waals surface area contributed by atoms with Crippen molar-refractivity contribution in [3.8, 4) is 0 Å². The van der Waals surface area contributed by atoms with Gasteiger partial charge in [0.15, 0.2) is 0 Å². The summed E-state index contributed by atoms with van der Waals surface area (Å²) >= 11 is 5.94. The molecular weight excluding hydrogens is 279 g/mol. The van der Waals surface area contributed by atoms with E-state index in [1.807, 2.05) is 22.9 Å². The van der Waals surface area contributed by atoms with Gasteiger partial charge in [-0.15, -0.1) is 12.4 Å². The first-order chi connectivity index (χ1) is 8.70. The summed E-state index contributed by atoms with van der Waals surface area (Å²) in [4.78, 5) is 4.07. The van der Waals surface area contributed by atoms with Gasteiger partial charge in [0.1, 0.15) is 0 Å². The maximum Gasteiger partial charge on any atom is 0.0986 e. The molecule has 4 heteroatoms. The average molecular weight is 297 g/mol. The zero-order valence-electron chi connectivity index (χ0n) is 11.1. The highest BCUT2D eigenvalue weighted by atomic mass is 35.5. The Hall–Kier alpha value is -1.25. The van der Waals surface area contributed by atoms with Gasteiger partial charge in [0.25, 0.3) is 0 Å². The molecule has 0 bridgehead atoms. The summed E-state index contributed by atoms with van der Waals surface area (Å²) in [6.07, 6.45) is 8.76. The normalized spacial score (nSPS) is 12.9. The van der Waals surface area contributed by atoms with Crippen LogP contribution in [0.1, 0.15) is 25.8 Å². The van der Waals surface area contributed by atoms with Gasteiger partial charge in [-0.25, -0.2) is 4.98 Å². The van der Waals surface area contributed by atoms with Crippen LogP contribution >= 0.6 is 24.0 Å². The van der Waals surface area contributed by atoms with Crippen LogP contribution in [0.3, 0.4) is 0 Å². The van der Waals surface area contributed by atoms with Crippen LogP contribution in [-0.2, 0) is 0 Å². The first-order valence-corrected chi connectivity index (χ1v) is 6.53. The van der Waals surface area contributed by atoms with Gasteiger partial charge >= 0.3 is 0 Å². The molecule has 0 saturated carbocycles. The number of hydrogen-bond acceptors (Lipinski definition) is 1. The van der Waals surface area contributed by atoms with Crippen LogP contribution in [0.2, 0.25) is 5.02 Å². The Morgan fingerprint density at radius 1 is 1.37 bits per heavy atom. The molecular formula is C15H18Cl2N2. The second-order valence-corrected chi connectivity index (χ2v) is 4.85. The molecule has 1 heterocycles. The molecule has 1 aromatic heterocycles. The van der Waals surface area contributed by atoms with E-state index < -0.39 is 0 Å². The Balaban J connectivity index is 0.00000180. The quantitative estimate of drug-likeness (QED) is 0.776. The molecule has 0 fully saturated rings. The van der Waals surface area contributed by atoms with Crippen molar-refractivity contribution >= 4 is 35.8 Å². The summed E-state index contributed by atoms with van der Waals surface area (Å²) in [5.41, 5.74) is 2.51. The Labute approximate surface area is 125 Å². The van der Waals surface area contributed by atoms with Crippen molar-refractivity contribution in [1.29, 1.82) is 0 Å². The zero-order valence-corrected chi connectivity index (χ0v) is 12.7. The molecule has 0 N–H and O–H groups in total. The molecule has 0 spiro atoms. The fraction of sp³-hybridized carbons (Fsp3) is 0.267. The fourth-order valence-corrected chi connectivity index (χ4v) is 1.98. The van der Waals surface area contributed by atoms with Gasteiger partial charge in [-0.05, 0) is 35.6 Å². The molecule has 102 valence electrons. The number of hydrogen-bond donors (Lipinski definition) is 0.